The van der Waals surface area contributed by atoms with Gasteiger partial charge in [0.2, 0.25) is 35.4 Å². The van der Waals surface area contributed by atoms with Gasteiger partial charge in [-0.25, -0.2) is 0 Å². The van der Waals surface area contributed by atoms with Gasteiger partial charge < -0.3 is 240 Å². The van der Waals surface area contributed by atoms with Crippen LogP contribution in [0.15, 0.2) is 0 Å². The fraction of sp³-hybridized carbons (Fsp3) is 0.907. The fourth-order valence-corrected chi connectivity index (χ4v) is 16.4. The van der Waals surface area contributed by atoms with Crippen LogP contribution in [0.1, 0.15) is 105 Å². The van der Waals surface area contributed by atoms with Crippen LogP contribution < -0.4 is 31.9 Å². The van der Waals surface area contributed by atoms with Gasteiger partial charge in [-0.1, -0.05) is 19.3 Å². The summed E-state index contributed by atoms with van der Waals surface area (Å²) >= 11 is 0. The highest BCUT2D eigenvalue weighted by Crippen LogP contribution is 2.35. The lowest BCUT2D eigenvalue weighted by Gasteiger charge is -2.46. The van der Waals surface area contributed by atoms with E-state index < -0.39 is 348 Å². The number of carbonyl (C=O) groups excluding carboxylic acids is 8. The van der Waals surface area contributed by atoms with Gasteiger partial charge in [0, 0.05) is 65.0 Å². The van der Waals surface area contributed by atoms with Gasteiger partial charge in [0.1, 0.15) is 195 Å². The topological polar surface area (TPSA) is 889 Å². The number of nitrogens with one attached hydrogen (secondary N) is 6. The first-order valence-corrected chi connectivity index (χ1v) is 48.2. The number of carbonyl (C=O) groups is 8. The highest BCUT2D eigenvalue weighted by atomic mass is 16.8. The summed E-state index contributed by atoms with van der Waals surface area (Å²) in [7, 11) is 0. The molecule has 0 unspecified atom stereocenters. The lowest BCUT2D eigenvalue weighted by Crippen LogP contribution is -2.65. The van der Waals surface area contributed by atoms with Crippen molar-refractivity contribution in [3.8, 4) is 0 Å². The fourth-order valence-electron chi connectivity index (χ4n) is 16.4. The Bertz CT molecular complexity index is 3510. The van der Waals surface area contributed by atoms with E-state index in [1.807, 2.05) is 13.8 Å². The van der Waals surface area contributed by atoms with Gasteiger partial charge in [-0.3, -0.25) is 48.2 Å². The second-order valence-corrected chi connectivity index (χ2v) is 36.1. The van der Waals surface area contributed by atoms with Crippen molar-refractivity contribution in [2.24, 2.45) is 0 Å². The van der Waals surface area contributed by atoms with E-state index >= 15 is 0 Å². The van der Waals surface area contributed by atoms with E-state index in [0.717, 1.165) is 0 Å². The van der Waals surface area contributed by atoms with Crippen molar-refractivity contribution in [3.63, 3.8) is 0 Å². The first-order valence-electron chi connectivity index (χ1n) is 48.2. The van der Waals surface area contributed by atoms with Crippen molar-refractivity contribution in [2.45, 2.75) is 350 Å². The van der Waals surface area contributed by atoms with Crippen molar-refractivity contribution in [3.05, 3.63) is 0 Å². The molecule has 0 aliphatic carbocycles. The zero-order valence-corrected chi connectivity index (χ0v) is 80.5. The van der Waals surface area contributed by atoms with Crippen LogP contribution in [-0.4, -0.2) is 580 Å². The Balaban J connectivity index is 0.000000391. The number of aliphatic hydroxyl groups excluding tert-OH is 26. The van der Waals surface area contributed by atoms with Crippen LogP contribution in [0.3, 0.4) is 0 Å². The average molecular weight is 2100 g/mol. The van der Waals surface area contributed by atoms with Crippen molar-refractivity contribution in [2.75, 3.05) is 145 Å². The van der Waals surface area contributed by atoms with Gasteiger partial charge >= 0.3 is 0 Å². The molecule has 0 aromatic carbocycles. The van der Waals surface area contributed by atoms with Gasteiger partial charge in [-0.2, -0.15) is 0 Å². The summed E-state index contributed by atoms with van der Waals surface area (Å²) in [6.45, 7) is -0.961. The minimum atomic E-state index is -1.97. The third-order valence-corrected chi connectivity index (χ3v) is 24.8. The number of nitrogens with zero attached hydrogens (tertiary/aromatic N) is 2. The molecule has 8 aliphatic rings. The van der Waals surface area contributed by atoms with Crippen molar-refractivity contribution >= 4 is 47.0 Å². The highest BCUT2D eigenvalue weighted by molar-refractivity contribution is 5.86. The van der Waals surface area contributed by atoms with Crippen LogP contribution in [-0.2, 0) is 114 Å². The minimum absolute atomic E-state index is 0.0571. The normalized spacial score (nSPS) is 37.3. The molecule has 40 atom stereocenters. The summed E-state index contributed by atoms with van der Waals surface area (Å²) < 4.78 is 88.6. The summed E-state index contributed by atoms with van der Waals surface area (Å²) in [6, 6.07) is 0. The molecule has 0 radical (unpaired) electrons. The van der Waals surface area contributed by atoms with E-state index in [1.165, 1.54) is 23.6 Å². The number of Topliss-reactive ketones (excluding diaryl/α,β-unsaturated/α-hetero) is 2. The van der Waals surface area contributed by atoms with E-state index in [1.54, 1.807) is 0 Å². The number of hydrogen-bond acceptors (Lipinski definition) is 52. The number of hydrogen-bond donors (Lipinski definition) is 32. The predicted molar refractivity (Wildman–Crippen MR) is 474 cm³/mol. The Labute approximate surface area is 827 Å². The Kier molecular flexibility index (Phi) is 55.4. The third kappa shape index (κ3) is 38.0. The van der Waals surface area contributed by atoms with E-state index in [9.17, 15) is 171 Å². The number of aliphatic hydroxyl groups is 26. The third-order valence-electron chi connectivity index (χ3n) is 24.8. The standard InChI is InChI=1S/C44H77N3O25.C42H75N5O25/c1-3-45-27(52)11-7-5-4-6-9-22(50)15-47(16-23(51)10-8-13-65-41-36(61)33(58)29(54)21(2)68-41)17-28(53)46-12-14-66-43-39(64)40(72-44-38(63)35(60)31(56)25(19-49)70-44)32(57)26(71-43)20-67-42-37(62)34(59)30(55)24(18-48)69-42;1-3-43-23(50)7-5-4-6-8-44-24(51)13-47(14-25(52)45-9-11-65-39-34(61)31(58)27(54)19(2)68-39)15-26(53)46-10-12-66-41-37(64)38(72-42-36(63)33(60)29(56)21(17-49)70-42)30(57)22(71-41)18-67-40-35(62)32(59)28(55)20(16-48)69-40/h21,24-26,29-44,48-49,54-64H,3-20H2,1-2H3,(H,45,52)(H,46,53);19-22,27-42,48-49,54-64H,3-18H2,1-2H3,(H,43,50)(H,44,51)(H,45,52)(H,46,53)/t21-,24+,25+,26+,29+,30+,31+,32+,33+,34-,35-,36-,37-,38-,39+,40-,41+,42-,43+,44+;19-,20+,21+,22+,27+,28+,29+,30+,31+,32-,33-,34-,35-,36-,37+,38-,39+,40-,41+,42+/m00/s1. The molecule has 0 aromatic rings. The second kappa shape index (κ2) is 63.7. The molecule has 8 saturated heterocycles. The molecule has 8 heterocycles. The van der Waals surface area contributed by atoms with Gasteiger partial charge in [-0.15, -0.1) is 0 Å². The average Bonchev–Trinajstić information content (AvgIpc) is 0.786. The van der Waals surface area contributed by atoms with Gasteiger partial charge in [0.15, 0.2) is 50.3 Å². The maximum Gasteiger partial charge on any atom is 0.234 e. The first-order chi connectivity index (χ1) is 68.4. The summed E-state index contributed by atoms with van der Waals surface area (Å²) in [5.41, 5.74) is 0. The number of rotatable bonds is 58. The zero-order chi connectivity index (χ0) is 106. The summed E-state index contributed by atoms with van der Waals surface area (Å²) in [4.78, 5) is 105. The minimum Gasteiger partial charge on any atom is -0.394 e. The lowest BCUT2D eigenvalue weighted by molar-refractivity contribution is -0.366. The lowest BCUT2D eigenvalue weighted by atomic mass is 9.96. The van der Waals surface area contributed by atoms with Crippen LogP contribution >= 0.6 is 0 Å². The molecule has 0 aromatic heterocycles. The predicted octanol–water partition coefficient (Wildman–Crippen LogP) is -18.2. The molecular formula is C86H152N8O50. The molecule has 0 spiro atoms. The van der Waals surface area contributed by atoms with Crippen LogP contribution in [0.2, 0.25) is 0 Å². The summed E-state index contributed by atoms with van der Waals surface area (Å²) in [6.07, 6.45) is -60.5. The van der Waals surface area contributed by atoms with Crippen molar-refractivity contribution in [1.29, 1.82) is 0 Å². The molecule has 0 saturated carbocycles. The van der Waals surface area contributed by atoms with E-state index in [-0.39, 0.29) is 95.1 Å². The maximum atomic E-state index is 13.3. The van der Waals surface area contributed by atoms with E-state index in [4.69, 9.17) is 75.8 Å². The molecular weight excluding hydrogens is 1940 g/mol. The highest BCUT2D eigenvalue weighted by Gasteiger charge is 2.56. The molecule has 144 heavy (non-hydrogen) atoms. The van der Waals surface area contributed by atoms with Gasteiger partial charge in [0.05, 0.1) is 118 Å². The summed E-state index contributed by atoms with van der Waals surface area (Å²) in [5.74, 6) is -3.28. The number of unbranched alkanes of at least 4 members (excludes halogenated alkanes) is 5. The van der Waals surface area contributed by atoms with Crippen LogP contribution in [0.25, 0.3) is 0 Å². The van der Waals surface area contributed by atoms with E-state index in [0.29, 0.717) is 70.9 Å². The molecule has 836 valence electrons. The molecule has 0 bridgehead atoms. The Morgan fingerprint density at radius 2 is 0.507 bits per heavy atom. The molecule has 58 nitrogen and oxygen atoms in total. The molecule has 58 heteroatoms. The number of amides is 6. The van der Waals surface area contributed by atoms with Crippen LogP contribution in [0.4, 0.5) is 0 Å². The van der Waals surface area contributed by atoms with Crippen molar-refractivity contribution in [1.82, 2.24) is 41.7 Å². The Morgan fingerprint density at radius 1 is 0.243 bits per heavy atom. The van der Waals surface area contributed by atoms with E-state index in [2.05, 4.69) is 31.9 Å². The molecule has 8 fully saturated rings. The Morgan fingerprint density at radius 3 is 0.840 bits per heavy atom. The summed E-state index contributed by atoms with van der Waals surface area (Å²) in [5, 5.41) is 284. The number of ether oxygens (including phenoxy) is 16. The monoisotopic (exact) mass is 2100 g/mol. The van der Waals surface area contributed by atoms with Gasteiger partial charge in [0.25, 0.3) is 0 Å². The van der Waals surface area contributed by atoms with Crippen LogP contribution in [0.5, 0.6) is 0 Å². The second-order valence-electron chi connectivity index (χ2n) is 36.1. The largest absolute Gasteiger partial charge is 0.394 e. The smallest absolute Gasteiger partial charge is 0.234 e. The van der Waals surface area contributed by atoms with Gasteiger partial charge in [-0.05, 0) is 59.8 Å². The quantitative estimate of drug-likeness (QED) is 0.0251. The first kappa shape index (κ1) is 125. The maximum absolute atomic E-state index is 13.3. The Hall–Kier alpha value is -5.60. The molecule has 8 rings (SSSR count). The molecule has 32 N–H and O–H groups in total. The van der Waals surface area contributed by atoms with Crippen LogP contribution in [0, 0.1) is 0 Å². The SMILES string of the molecule is CCNC(=O)CCCCCCC(=O)CN(CC(=O)CCCO[C@@H]1O[C@@H](C)[C@@H](O)[C@@H](O)[C@@H]1O)CC(=O)NCCO[C@@H]1O[C@H](CO[C@H]2O[C@H](CO)[C@@H](O)[C@H](O)[C@@H]2O)[C@@H](O)[C@H](O[C@H]2O[C@H](CO)[C@@H](O)[C@H](O)[C@@H]2O)[C@H]1O.CCNC(=O)CCCCCNC(=O)CN(CC(=O)NCCO[C@@H]1O[C@@H](C)[C@@H](O)[C@@H](O)[C@@H]1O)CC(=O)NCCO[C@@H]1O[C@H](CO[C@H]2O[C@H](CO)[C@@H](O)[C@H](O)[C@@H]2O)[C@@H](O)[C@H](O[C@H]2O[C@H](CO)[C@@H](O)[C@H](O)[C@@H]2O)[C@H]1O. The molecule has 6 amide bonds. The number of ketones is 2. The molecule has 8 aliphatic heterocycles. The van der Waals surface area contributed by atoms with Crippen molar-refractivity contribution < 1.29 is 247 Å². The zero-order valence-electron chi connectivity index (χ0n) is 80.5.